The number of nitrogens with one attached hydrogen (secondary N) is 1. The SMILES string of the molecule is Cc1cc(C)c(NCc2ccc(Br)s2)c(Br)c1. The molecule has 0 atom stereocenters. The number of thiophene rings is 1. The first kappa shape index (κ1) is 13.1. The molecule has 0 saturated carbocycles. The summed E-state index contributed by atoms with van der Waals surface area (Å²) < 4.78 is 2.31. The van der Waals surface area contributed by atoms with Crippen LogP contribution < -0.4 is 5.32 Å². The Morgan fingerprint density at radius 1 is 1.18 bits per heavy atom. The van der Waals surface area contributed by atoms with Gasteiger partial charge in [-0.3, -0.25) is 0 Å². The molecule has 0 aliphatic heterocycles. The summed E-state index contributed by atoms with van der Waals surface area (Å²) in [5.41, 5.74) is 3.73. The molecule has 1 aromatic carbocycles. The fourth-order valence-electron chi connectivity index (χ4n) is 1.76. The molecule has 0 bridgehead atoms. The number of hydrogen-bond donors (Lipinski definition) is 1. The first-order chi connectivity index (χ1) is 8.06. The number of rotatable bonds is 3. The molecule has 0 aliphatic carbocycles. The molecule has 1 N–H and O–H groups in total. The lowest BCUT2D eigenvalue weighted by molar-refractivity contribution is 1.17. The quantitative estimate of drug-likeness (QED) is 0.747. The zero-order chi connectivity index (χ0) is 12.4. The number of benzene rings is 1. The van der Waals surface area contributed by atoms with E-state index >= 15 is 0 Å². The second kappa shape index (κ2) is 5.55. The van der Waals surface area contributed by atoms with Gasteiger partial charge in [0, 0.05) is 15.9 Å². The van der Waals surface area contributed by atoms with Gasteiger partial charge >= 0.3 is 0 Å². The lowest BCUT2D eigenvalue weighted by Crippen LogP contribution is -2.00. The first-order valence-electron chi connectivity index (χ1n) is 5.31. The molecule has 0 amide bonds. The smallest absolute Gasteiger partial charge is 0.0702 e. The zero-order valence-electron chi connectivity index (χ0n) is 9.68. The molecular formula is C13H13Br2NS. The van der Waals surface area contributed by atoms with E-state index in [4.69, 9.17) is 0 Å². The van der Waals surface area contributed by atoms with E-state index in [0.717, 1.165) is 11.0 Å². The number of halogens is 2. The van der Waals surface area contributed by atoms with Crippen molar-refractivity contribution in [3.63, 3.8) is 0 Å². The molecular weight excluding hydrogens is 362 g/mol. The normalized spacial score (nSPS) is 10.6. The number of anilines is 1. The Kier molecular flexibility index (Phi) is 4.28. The zero-order valence-corrected chi connectivity index (χ0v) is 13.7. The van der Waals surface area contributed by atoms with Crippen LogP contribution in [0.15, 0.2) is 32.5 Å². The maximum atomic E-state index is 3.61. The Balaban J connectivity index is 2.14. The lowest BCUT2D eigenvalue weighted by Gasteiger charge is -2.12. The van der Waals surface area contributed by atoms with Crippen LogP contribution in [0.2, 0.25) is 0 Å². The van der Waals surface area contributed by atoms with Crippen LogP contribution in [0, 0.1) is 13.8 Å². The second-order valence-electron chi connectivity index (χ2n) is 4.00. The fraction of sp³-hybridized carbons (Fsp3) is 0.231. The van der Waals surface area contributed by atoms with Crippen LogP contribution >= 0.6 is 43.2 Å². The van der Waals surface area contributed by atoms with E-state index in [1.165, 1.54) is 25.5 Å². The Labute approximate surface area is 123 Å². The molecule has 90 valence electrons. The van der Waals surface area contributed by atoms with Crippen molar-refractivity contribution in [3.05, 3.63) is 48.5 Å². The molecule has 0 fully saturated rings. The van der Waals surface area contributed by atoms with E-state index in [0.29, 0.717) is 0 Å². The molecule has 0 spiro atoms. The second-order valence-corrected chi connectivity index (χ2v) is 7.40. The van der Waals surface area contributed by atoms with Gasteiger partial charge in [-0.25, -0.2) is 0 Å². The molecule has 1 aromatic heterocycles. The molecule has 17 heavy (non-hydrogen) atoms. The average Bonchev–Trinajstić information content (AvgIpc) is 2.62. The molecule has 0 radical (unpaired) electrons. The van der Waals surface area contributed by atoms with Crippen molar-refractivity contribution in [3.8, 4) is 0 Å². The summed E-state index contributed by atoms with van der Waals surface area (Å²) in [5, 5.41) is 3.48. The van der Waals surface area contributed by atoms with Crippen molar-refractivity contribution in [2.24, 2.45) is 0 Å². The number of hydrogen-bond acceptors (Lipinski definition) is 2. The van der Waals surface area contributed by atoms with Crippen LogP contribution in [0.3, 0.4) is 0 Å². The van der Waals surface area contributed by atoms with Crippen molar-refractivity contribution in [2.75, 3.05) is 5.32 Å². The summed E-state index contributed by atoms with van der Waals surface area (Å²) in [6.45, 7) is 5.10. The van der Waals surface area contributed by atoms with Crippen LogP contribution in [0.25, 0.3) is 0 Å². The van der Waals surface area contributed by atoms with Gasteiger partial charge in [0.2, 0.25) is 0 Å². The van der Waals surface area contributed by atoms with Gasteiger partial charge in [-0.1, -0.05) is 6.07 Å². The predicted octanol–water partition coefficient (Wildman–Crippen LogP) is 5.50. The van der Waals surface area contributed by atoms with Gasteiger partial charge in [-0.2, -0.15) is 0 Å². The minimum atomic E-state index is 0.860. The van der Waals surface area contributed by atoms with Crippen molar-refractivity contribution < 1.29 is 0 Å². The van der Waals surface area contributed by atoms with E-state index in [2.05, 4.69) is 75.3 Å². The summed E-state index contributed by atoms with van der Waals surface area (Å²) >= 11 is 8.85. The largest absolute Gasteiger partial charge is 0.379 e. The van der Waals surface area contributed by atoms with E-state index < -0.39 is 0 Å². The van der Waals surface area contributed by atoms with Crippen molar-refractivity contribution in [1.82, 2.24) is 0 Å². The first-order valence-corrected chi connectivity index (χ1v) is 7.71. The highest BCUT2D eigenvalue weighted by Gasteiger charge is 2.05. The van der Waals surface area contributed by atoms with Crippen molar-refractivity contribution in [2.45, 2.75) is 20.4 Å². The van der Waals surface area contributed by atoms with Crippen molar-refractivity contribution >= 4 is 48.9 Å². The third kappa shape index (κ3) is 3.33. The standard InChI is InChI=1S/C13H13Br2NS/c1-8-5-9(2)13(11(14)6-8)16-7-10-3-4-12(15)17-10/h3-6,16H,7H2,1-2H3. The monoisotopic (exact) mass is 373 g/mol. The van der Waals surface area contributed by atoms with Crippen LogP contribution in [0.4, 0.5) is 5.69 Å². The summed E-state index contributed by atoms with van der Waals surface area (Å²) in [7, 11) is 0. The highest BCUT2D eigenvalue weighted by atomic mass is 79.9. The topological polar surface area (TPSA) is 12.0 Å². The molecule has 0 aliphatic rings. The third-order valence-corrected chi connectivity index (χ3v) is 4.75. The van der Waals surface area contributed by atoms with E-state index in [9.17, 15) is 0 Å². The Hall–Kier alpha value is -0.320. The van der Waals surface area contributed by atoms with Crippen LogP contribution in [0.1, 0.15) is 16.0 Å². The molecule has 4 heteroatoms. The third-order valence-electron chi connectivity index (χ3n) is 2.50. The van der Waals surface area contributed by atoms with Crippen LogP contribution in [0.5, 0.6) is 0 Å². The summed E-state index contributed by atoms with van der Waals surface area (Å²) in [6.07, 6.45) is 0. The van der Waals surface area contributed by atoms with E-state index in [-0.39, 0.29) is 0 Å². The molecule has 2 rings (SSSR count). The van der Waals surface area contributed by atoms with E-state index in [1.54, 1.807) is 11.3 Å². The maximum absolute atomic E-state index is 3.61. The minimum Gasteiger partial charge on any atom is -0.379 e. The van der Waals surface area contributed by atoms with Gasteiger partial charge in [0.1, 0.15) is 0 Å². The molecule has 0 unspecified atom stereocenters. The van der Waals surface area contributed by atoms with Gasteiger partial charge in [0.25, 0.3) is 0 Å². The molecule has 1 heterocycles. The molecule has 2 aromatic rings. The Morgan fingerprint density at radius 2 is 1.94 bits per heavy atom. The van der Waals surface area contributed by atoms with Gasteiger partial charge in [-0.05, 0) is 75.0 Å². The minimum absolute atomic E-state index is 0.860. The summed E-state index contributed by atoms with van der Waals surface area (Å²) in [6, 6.07) is 8.55. The average molecular weight is 375 g/mol. The van der Waals surface area contributed by atoms with Gasteiger partial charge in [-0.15, -0.1) is 11.3 Å². The van der Waals surface area contributed by atoms with Gasteiger partial charge in [0.05, 0.1) is 9.47 Å². The van der Waals surface area contributed by atoms with Crippen LogP contribution in [-0.2, 0) is 6.54 Å². The summed E-state index contributed by atoms with van der Waals surface area (Å²) in [4.78, 5) is 1.32. The van der Waals surface area contributed by atoms with E-state index in [1.807, 2.05) is 0 Å². The highest BCUT2D eigenvalue weighted by Crippen LogP contribution is 2.29. The van der Waals surface area contributed by atoms with Crippen molar-refractivity contribution in [1.29, 1.82) is 0 Å². The van der Waals surface area contributed by atoms with Gasteiger partial charge < -0.3 is 5.32 Å². The Morgan fingerprint density at radius 3 is 2.53 bits per heavy atom. The Bertz CT molecular complexity index is 511. The van der Waals surface area contributed by atoms with Crippen LogP contribution in [-0.4, -0.2) is 0 Å². The molecule has 1 nitrogen and oxygen atoms in total. The lowest BCUT2D eigenvalue weighted by atomic mass is 10.1. The fourth-order valence-corrected chi connectivity index (χ4v) is 4.00. The predicted molar refractivity (Wildman–Crippen MR) is 83.0 cm³/mol. The molecule has 0 saturated heterocycles. The maximum Gasteiger partial charge on any atom is 0.0702 e. The highest BCUT2D eigenvalue weighted by molar-refractivity contribution is 9.11. The number of aryl methyl sites for hydroxylation is 2. The summed E-state index contributed by atoms with van der Waals surface area (Å²) in [5.74, 6) is 0. The van der Waals surface area contributed by atoms with Gasteiger partial charge in [0.15, 0.2) is 0 Å².